The summed E-state index contributed by atoms with van der Waals surface area (Å²) in [6, 6.07) is 8.13. The van der Waals surface area contributed by atoms with E-state index in [0.29, 0.717) is 12.4 Å². The third kappa shape index (κ3) is 3.08. The second kappa shape index (κ2) is 7.87. The molecule has 0 spiro atoms. The second-order valence-corrected chi connectivity index (χ2v) is 6.95. The monoisotopic (exact) mass is 397 g/mol. The van der Waals surface area contributed by atoms with Gasteiger partial charge in [-0.15, -0.1) is 0 Å². The van der Waals surface area contributed by atoms with Crippen molar-refractivity contribution in [2.24, 2.45) is 0 Å². The van der Waals surface area contributed by atoms with Crippen LogP contribution in [0.15, 0.2) is 24.3 Å². The van der Waals surface area contributed by atoms with E-state index in [9.17, 15) is 0 Å². The Bertz CT molecular complexity index is 953. The van der Waals surface area contributed by atoms with Gasteiger partial charge in [-0.1, -0.05) is 6.07 Å². The van der Waals surface area contributed by atoms with Crippen molar-refractivity contribution in [1.82, 2.24) is 4.90 Å². The molecule has 0 bridgehead atoms. The van der Waals surface area contributed by atoms with E-state index in [0.717, 1.165) is 52.6 Å². The van der Waals surface area contributed by atoms with Crippen LogP contribution in [0.5, 0.6) is 23.0 Å². The van der Waals surface area contributed by atoms with Crippen LogP contribution in [0.1, 0.15) is 35.4 Å². The molecule has 154 valence electrons. The van der Waals surface area contributed by atoms with Gasteiger partial charge in [-0.2, -0.15) is 0 Å². The summed E-state index contributed by atoms with van der Waals surface area (Å²) in [5.41, 5.74) is 5.56. The van der Waals surface area contributed by atoms with Crippen molar-refractivity contribution in [3.05, 3.63) is 46.5 Å². The zero-order valence-electron chi connectivity index (χ0n) is 17.6. The van der Waals surface area contributed by atoms with Crippen molar-refractivity contribution in [1.29, 1.82) is 0 Å². The number of fused-ring (bicyclic) bond motifs is 4. The first-order chi connectivity index (χ1) is 14.2. The van der Waals surface area contributed by atoms with E-state index in [-0.39, 0.29) is 6.23 Å². The largest absolute Gasteiger partial charge is 0.493 e. The molecule has 6 heteroatoms. The molecule has 0 aliphatic carbocycles. The minimum atomic E-state index is -0.249. The number of nitrogens with zero attached hydrogens (tertiary/aromatic N) is 1. The molecule has 1 atom stereocenters. The van der Waals surface area contributed by atoms with Crippen LogP contribution in [0.3, 0.4) is 0 Å². The Morgan fingerprint density at radius 1 is 0.931 bits per heavy atom. The molecule has 2 aliphatic rings. The Morgan fingerprint density at radius 2 is 1.66 bits per heavy atom. The lowest BCUT2D eigenvalue weighted by molar-refractivity contribution is -0.0312. The number of ether oxygens (including phenoxy) is 5. The highest BCUT2D eigenvalue weighted by Gasteiger charge is 2.36. The molecule has 0 N–H and O–H groups in total. The molecule has 6 nitrogen and oxygen atoms in total. The Kier molecular flexibility index (Phi) is 5.28. The van der Waals surface area contributed by atoms with Gasteiger partial charge in [-0.3, -0.25) is 0 Å². The van der Waals surface area contributed by atoms with Gasteiger partial charge in [0.25, 0.3) is 0 Å². The molecule has 4 rings (SSSR count). The molecule has 2 aliphatic heterocycles. The van der Waals surface area contributed by atoms with E-state index < -0.39 is 0 Å². The zero-order chi connectivity index (χ0) is 20.5. The zero-order valence-corrected chi connectivity index (χ0v) is 17.6. The molecule has 1 unspecified atom stereocenters. The minimum Gasteiger partial charge on any atom is -0.493 e. The van der Waals surface area contributed by atoms with Gasteiger partial charge in [0, 0.05) is 24.4 Å². The minimum absolute atomic E-state index is 0.249. The van der Waals surface area contributed by atoms with E-state index in [2.05, 4.69) is 29.2 Å². The van der Waals surface area contributed by atoms with Gasteiger partial charge < -0.3 is 28.6 Å². The first-order valence-electron chi connectivity index (χ1n) is 9.76. The maximum Gasteiger partial charge on any atom is 0.169 e. The fourth-order valence-corrected chi connectivity index (χ4v) is 4.27. The highest BCUT2D eigenvalue weighted by Crippen LogP contribution is 2.49. The molecule has 0 amide bonds. The summed E-state index contributed by atoms with van der Waals surface area (Å²) < 4.78 is 28.5. The molecule has 29 heavy (non-hydrogen) atoms. The van der Waals surface area contributed by atoms with Crippen molar-refractivity contribution in [2.75, 3.05) is 41.6 Å². The lowest BCUT2D eigenvalue weighted by Gasteiger charge is -2.43. The van der Waals surface area contributed by atoms with Crippen LogP contribution in [0.4, 0.5) is 0 Å². The van der Waals surface area contributed by atoms with Crippen molar-refractivity contribution in [3.63, 3.8) is 0 Å². The first-order valence-corrected chi connectivity index (χ1v) is 9.76. The smallest absolute Gasteiger partial charge is 0.169 e. The maximum atomic E-state index is 6.23. The average Bonchev–Trinajstić information content (AvgIpc) is 2.76. The van der Waals surface area contributed by atoms with Gasteiger partial charge >= 0.3 is 0 Å². The number of hydrogen-bond acceptors (Lipinski definition) is 6. The van der Waals surface area contributed by atoms with Gasteiger partial charge in [-0.25, -0.2) is 0 Å². The predicted molar refractivity (Wildman–Crippen MR) is 112 cm³/mol. The van der Waals surface area contributed by atoms with Crippen molar-refractivity contribution in [3.8, 4) is 23.0 Å². The standard InChI is InChI=1S/C23H27NO5/c1-6-29-23-21-15(7-8-18(25-2)22(21)28-5)11-17-16-13-20(27-4)19(26-3)12-14(16)9-10-24(17)23/h7-8,11-13,23H,6,9-10H2,1-5H3. The molecule has 0 saturated heterocycles. The summed E-state index contributed by atoms with van der Waals surface area (Å²) in [5.74, 6) is 2.90. The Balaban J connectivity index is 1.93. The number of benzene rings is 2. The van der Waals surface area contributed by atoms with Gasteiger partial charge in [0.2, 0.25) is 0 Å². The summed E-state index contributed by atoms with van der Waals surface area (Å²) in [5, 5.41) is 0. The van der Waals surface area contributed by atoms with Gasteiger partial charge in [0.1, 0.15) is 0 Å². The average molecular weight is 397 g/mol. The molecule has 2 aromatic carbocycles. The lowest BCUT2D eigenvalue weighted by Crippen LogP contribution is -2.37. The van der Waals surface area contributed by atoms with E-state index >= 15 is 0 Å². The Morgan fingerprint density at radius 3 is 2.31 bits per heavy atom. The highest BCUT2D eigenvalue weighted by molar-refractivity contribution is 5.87. The van der Waals surface area contributed by atoms with Crippen LogP contribution in [-0.4, -0.2) is 46.5 Å². The van der Waals surface area contributed by atoms with Crippen LogP contribution in [-0.2, 0) is 11.2 Å². The molecule has 2 heterocycles. The van der Waals surface area contributed by atoms with Crippen molar-refractivity contribution >= 4 is 11.8 Å². The number of rotatable bonds is 6. The number of hydrogen-bond donors (Lipinski definition) is 0. The normalized spacial score (nSPS) is 16.9. The summed E-state index contributed by atoms with van der Waals surface area (Å²) in [4.78, 5) is 2.29. The quantitative estimate of drug-likeness (QED) is 0.731. The molecular weight excluding hydrogens is 370 g/mol. The summed E-state index contributed by atoms with van der Waals surface area (Å²) in [7, 11) is 6.65. The Labute approximate surface area is 171 Å². The first kappa shape index (κ1) is 19.5. The predicted octanol–water partition coefficient (Wildman–Crippen LogP) is 4.13. The third-order valence-corrected chi connectivity index (χ3v) is 5.58. The van der Waals surface area contributed by atoms with Gasteiger partial charge in [0.05, 0.1) is 34.0 Å². The summed E-state index contributed by atoms with van der Waals surface area (Å²) >= 11 is 0. The Hall–Kier alpha value is -2.86. The van der Waals surface area contributed by atoms with E-state index in [1.165, 1.54) is 5.56 Å². The van der Waals surface area contributed by atoms with Gasteiger partial charge in [-0.05, 0) is 48.7 Å². The fraction of sp³-hybridized carbons (Fsp3) is 0.391. The SMILES string of the molecule is CCOC1c2c(ccc(OC)c2OC)C=C2c3cc(OC)c(OC)cc3CCN21. The van der Waals surface area contributed by atoms with Crippen LogP contribution in [0.25, 0.3) is 11.8 Å². The highest BCUT2D eigenvalue weighted by atomic mass is 16.5. The van der Waals surface area contributed by atoms with Crippen LogP contribution < -0.4 is 18.9 Å². The molecular formula is C23H27NO5. The van der Waals surface area contributed by atoms with Crippen LogP contribution in [0.2, 0.25) is 0 Å². The molecule has 0 radical (unpaired) electrons. The van der Waals surface area contributed by atoms with Gasteiger partial charge in [0.15, 0.2) is 29.2 Å². The molecule has 0 aromatic heterocycles. The second-order valence-electron chi connectivity index (χ2n) is 6.95. The van der Waals surface area contributed by atoms with Crippen LogP contribution >= 0.6 is 0 Å². The maximum absolute atomic E-state index is 6.23. The summed E-state index contributed by atoms with van der Waals surface area (Å²) in [6.45, 7) is 3.43. The number of methoxy groups -OCH3 is 4. The molecule has 2 aromatic rings. The fourth-order valence-electron chi connectivity index (χ4n) is 4.27. The van der Waals surface area contributed by atoms with Crippen molar-refractivity contribution in [2.45, 2.75) is 19.6 Å². The topological polar surface area (TPSA) is 49.4 Å². The van der Waals surface area contributed by atoms with E-state index in [4.69, 9.17) is 23.7 Å². The van der Waals surface area contributed by atoms with E-state index in [1.807, 2.05) is 13.0 Å². The molecule has 0 saturated carbocycles. The summed E-state index contributed by atoms with van der Waals surface area (Å²) in [6.07, 6.45) is 2.83. The van der Waals surface area contributed by atoms with Crippen LogP contribution in [0, 0.1) is 0 Å². The van der Waals surface area contributed by atoms with Crippen molar-refractivity contribution < 1.29 is 23.7 Å². The molecule has 0 fully saturated rings. The lowest BCUT2D eigenvalue weighted by atomic mass is 9.89. The third-order valence-electron chi connectivity index (χ3n) is 5.58. The van der Waals surface area contributed by atoms with E-state index in [1.54, 1.807) is 28.4 Å².